The van der Waals surface area contributed by atoms with Gasteiger partial charge in [0.15, 0.2) is 8.32 Å². The molecule has 0 bridgehead atoms. The Morgan fingerprint density at radius 3 is 2.12 bits per heavy atom. The minimum atomic E-state index is -1.69. The van der Waals surface area contributed by atoms with Gasteiger partial charge in [-0.1, -0.05) is 51.1 Å². The Kier molecular flexibility index (Phi) is 6.33. The monoisotopic (exact) mass is 348 g/mol. The Labute approximate surface area is 149 Å². The lowest BCUT2D eigenvalue weighted by molar-refractivity contribution is 0.00343. The van der Waals surface area contributed by atoms with Crippen molar-refractivity contribution in [3.05, 3.63) is 35.9 Å². The van der Waals surface area contributed by atoms with Gasteiger partial charge in [0.05, 0.1) is 5.60 Å². The number of benzene rings is 1. The van der Waals surface area contributed by atoms with E-state index in [0.717, 1.165) is 44.9 Å². The van der Waals surface area contributed by atoms with Gasteiger partial charge in [-0.25, -0.2) is 0 Å². The summed E-state index contributed by atoms with van der Waals surface area (Å²) < 4.78 is 6.62. The van der Waals surface area contributed by atoms with Gasteiger partial charge in [0.25, 0.3) is 0 Å². The molecule has 0 amide bonds. The summed E-state index contributed by atoms with van der Waals surface area (Å²) >= 11 is 0. The second-order valence-electron chi connectivity index (χ2n) is 9.17. The van der Waals surface area contributed by atoms with Gasteiger partial charge in [0, 0.05) is 12.5 Å². The van der Waals surface area contributed by atoms with Gasteiger partial charge in [-0.2, -0.15) is 0 Å². The van der Waals surface area contributed by atoms with E-state index in [9.17, 15) is 5.11 Å². The van der Waals surface area contributed by atoms with E-state index in [1.807, 2.05) is 6.07 Å². The number of aliphatic hydroxyl groups is 1. The van der Waals surface area contributed by atoms with Crippen LogP contribution in [0.4, 0.5) is 0 Å². The maximum absolute atomic E-state index is 11.0. The van der Waals surface area contributed by atoms with Gasteiger partial charge in [0.1, 0.15) is 0 Å². The summed E-state index contributed by atoms with van der Waals surface area (Å²) in [5.41, 5.74) is 0.707. The van der Waals surface area contributed by atoms with Gasteiger partial charge in [0.2, 0.25) is 0 Å². The van der Waals surface area contributed by atoms with Crippen LogP contribution in [0.3, 0.4) is 0 Å². The molecule has 1 aromatic carbocycles. The molecule has 0 saturated heterocycles. The van der Waals surface area contributed by atoms with Crippen molar-refractivity contribution in [3.8, 4) is 0 Å². The van der Waals surface area contributed by atoms with E-state index in [2.05, 4.69) is 58.1 Å². The topological polar surface area (TPSA) is 29.5 Å². The molecule has 0 spiro atoms. The summed E-state index contributed by atoms with van der Waals surface area (Å²) in [7, 11) is -1.69. The fourth-order valence-electron chi connectivity index (χ4n) is 3.45. The first-order valence-electron chi connectivity index (χ1n) is 9.55. The Hall–Kier alpha value is -0.643. The maximum Gasteiger partial charge on any atom is 0.192 e. The van der Waals surface area contributed by atoms with Crippen molar-refractivity contribution in [2.75, 3.05) is 0 Å². The summed E-state index contributed by atoms with van der Waals surface area (Å²) in [6.07, 6.45) is 7.23. The molecule has 0 heterocycles. The zero-order valence-corrected chi connectivity index (χ0v) is 17.3. The van der Waals surface area contributed by atoms with Crippen LogP contribution in [0.15, 0.2) is 30.3 Å². The Balaban J connectivity index is 1.91. The predicted molar refractivity (Wildman–Crippen MR) is 105 cm³/mol. The Morgan fingerprint density at radius 1 is 1.08 bits per heavy atom. The van der Waals surface area contributed by atoms with E-state index in [4.69, 9.17) is 4.43 Å². The second-order valence-corrected chi connectivity index (χ2v) is 13.9. The van der Waals surface area contributed by atoms with E-state index >= 15 is 0 Å². The quantitative estimate of drug-likeness (QED) is 0.707. The third-order valence-corrected chi connectivity index (χ3v) is 10.5. The van der Waals surface area contributed by atoms with E-state index in [-0.39, 0.29) is 5.04 Å². The molecule has 24 heavy (non-hydrogen) atoms. The second kappa shape index (κ2) is 7.71. The summed E-state index contributed by atoms with van der Waals surface area (Å²) in [4.78, 5) is 0. The molecule has 1 aliphatic rings. The molecular formula is C21H36O2Si. The molecule has 1 aliphatic carbocycles. The van der Waals surface area contributed by atoms with Crippen LogP contribution in [0.2, 0.25) is 18.1 Å². The average Bonchev–Trinajstić information content (AvgIpc) is 2.44. The van der Waals surface area contributed by atoms with Gasteiger partial charge in [-0.3, -0.25) is 0 Å². The zero-order valence-electron chi connectivity index (χ0n) is 16.3. The number of hydrogen-bond donors (Lipinski definition) is 1. The summed E-state index contributed by atoms with van der Waals surface area (Å²) in [6.45, 7) is 11.6. The lowest BCUT2D eigenvalue weighted by Gasteiger charge is -2.41. The molecule has 3 heteroatoms. The smallest absolute Gasteiger partial charge is 0.192 e. The molecule has 2 nitrogen and oxygen atoms in total. The van der Waals surface area contributed by atoms with Gasteiger partial charge >= 0.3 is 0 Å². The van der Waals surface area contributed by atoms with E-state index in [1.165, 1.54) is 5.56 Å². The first kappa shape index (κ1) is 19.7. The van der Waals surface area contributed by atoms with Crippen LogP contribution in [-0.2, 0) is 10.8 Å². The fraction of sp³-hybridized carbons (Fsp3) is 0.714. The molecule has 0 radical (unpaired) electrons. The molecule has 136 valence electrons. The van der Waals surface area contributed by atoms with Crippen LogP contribution in [0.1, 0.15) is 64.9 Å². The SMILES string of the molecule is CC(C)(C)[Si](C)(C)OC1CCCC(O)(Cc2ccccc2)CCC1. The normalized spacial score (nSPS) is 26.7. The first-order valence-corrected chi connectivity index (χ1v) is 12.5. The standard InChI is InChI=1S/C21H36O2Si/c1-20(2,3)24(4,5)23-19-13-9-15-21(22,16-10-14-19)17-18-11-7-6-8-12-18/h6-8,11-12,19,22H,9-10,13-17H2,1-5H3. The number of hydrogen-bond acceptors (Lipinski definition) is 2. The van der Waals surface area contributed by atoms with Crippen molar-refractivity contribution in [3.63, 3.8) is 0 Å². The van der Waals surface area contributed by atoms with E-state index < -0.39 is 13.9 Å². The summed E-state index contributed by atoms with van der Waals surface area (Å²) in [5, 5.41) is 11.3. The maximum atomic E-state index is 11.0. The first-order chi connectivity index (χ1) is 11.1. The highest BCUT2D eigenvalue weighted by molar-refractivity contribution is 6.74. The largest absolute Gasteiger partial charge is 0.414 e. The van der Waals surface area contributed by atoms with Crippen molar-refractivity contribution >= 4 is 8.32 Å². The highest BCUT2D eigenvalue weighted by Gasteiger charge is 2.39. The molecule has 1 fully saturated rings. The van der Waals surface area contributed by atoms with Crippen LogP contribution in [0, 0.1) is 0 Å². The molecule has 1 aromatic rings. The highest BCUT2D eigenvalue weighted by Crippen LogP contribution is 2.39. The molecule has 2 rings (SSSR count). The lowest BCUT2D eigenvalue weighted by atomic mass is 9.82. The molecule has 0 atom stereocenters. The van der Waals surface area contributed by atoms with Gasteiger partial charge < -0.3 is 9.53 Å². The molecule has 0 aromatic heterocycles. The Bertz CT molecular complexity index is 494. The molecule has 1 saturated carbocycles. The average molecular weight is 349 g/mol. The highest BCUT2D eigenvalue weighted by atomic mass is 28.4. The fourth-order valence-corrected chi connectivity index (χ4v) is 4.87. The molecule has 1 N–H and O–H groups in total. The van der Waals surface area contributed by atoms with Crippen molar-refractivity contribution in [1.29, 1.82) is 0 Å². The van der Waals surface area contributed by atoms with Crippen LogP contribution < -0.4 is 0 Å². The summed E-state index contributed by atoms with van der Waals surface area (Å²) in [6, 6.07) is 10.4. The minimum absolute atomic E-state index is 0.267. The van der Waals surface area contributed by atoms with Crippen molar-refractivity contribution in [2.45, 2.75) is 95.6 Å². The Morgan fingerprint density at radius 2 is 1.62 bits per heavy atom. The number of rotatable bonds is 4. The summed E-state index contributed by atoms with van der Waals surface area (Å²) in [5.74, 6) is 0. The third-order valence-electron chi connectivity index (χ3n) is 5.98. The van der Waals surface area contributed by atoms with Crippen LogP contribution in [0.5, 0.6) is 0 Å². The van der Waals surface area contributed by atoms with Crippen molar-refractivity contribution < 1.29 is 9.53 Å². The van der Waals surface area contributed by atoms with E-state index in [0.29, 0.717) is 6.10 Å². The third kappa shape index (κ3) is 5.43. The molecular weight excluding hydrogens is 312 g/mol. The van der Waals surface area contributed by atoms with Crippen LogP contribution in [-0.4, -0.2) is 25.1 Å². The van der Waals surface area contributed by atoms with Crippen molar-refractivity contribution in [1.82, 2.24) is 0 Å². The van der Waals surface area contributed by atoms with Gasteiger partial charge in [-0.15, -0.1) is 0 Å². The zero-order chi connectivity index (χ0) is 17.8. The van der Waals surface area contributed by atoms with Crippen LogP contribution in [0.25, 0.3) is 0 Å². The molecule has 0 unspecified atom stereocenters. The molecule has 0 aliphatic heterocycles. The lowest BCUT2D eigenvalue weighted by Crippen LogP contribution is -2.44. The van der Waals surface area contributed by atoms with Crippen LogP contribution >= 0.6 is 0 Å². The predicted octanol–water partition coefficient (Wildman–Crippen LogP) is 5.70. The van der Waals surface area contributed by atoms with E-state index in [1.54, 1.807) is 0 Å². The van der Waals surface area contributed by atoms with Gasteiger partial charge in [-0.05, 0) is 62.2 Å². The minimum Gasteiger partial charge on any atom is -0.414 e. The van der Waals surface area contributed by atoms with Crippen molar-refractivity contribution in [2.24, 2.45) is 0 Å².